The molecule has 0 aliphatic carbocycles. The van der Waals surface area contributed by atoms with E-state index in [2.05, 4.69) is 46.2 Å². The van der Waals surface area contributed by atoms with E-state index >= 15 is 0 Å². The predicted octanol–water partition coefficient (Wildman–Crippen LogP) is 2.70. The zero-order valence-electron chi connectivity index (χ0n) is 10.7. The molecule has 0 saturated heterocycles. The van der Waals surface area contributed by atoms with E-state index in [1.807, 2.05) is 0 Å². The quantitative estimate of drug-likeness (QED) is 0.839. The molecule has 0 amide bonds. The van der Waals surface area contributed by atoms with E-state index in [1.54, 1.807) is 18.4 Å². The van der Waals surface area contributed by atoms with Crippen LogP contribution in [0, 0.1) is 0 Å². The first-order chi connectivity index (χ1) is 8.07. The second-order valence-corrected chi connectivity index (χ2v) is 6.62. The van der Waals surface area contributed by atoms with Crippen LogP contribution in [0.5, 0.6) is 0 Å². The van der Waals surface area contributed by atoms with E-state index in [1.165, 1.54) is 9.35 Å². The topological polar surface area (TPSA) is 38.5 Å². The number of hydrogen-bond donors (Lipinski definition) is 1. The molecule has 0 radical (unpaired) electrons. The molecule has 0 spiro atoms. The van der Waals surface area contributed by atoms with Gasteiger partial charge in [-0.2, -0.15) is 0 Å². The molecule has 3 nitrogen and oxygen atoms in total. The smallest absolute Gasteiger partial charge is 0.0701 e. The lowest BCUT2D eigenvalue weighted by Crippen LogP contribution is -2.54. The number of ether oxygens (including phenoxy) is 1. The third-order valence-electron chi connectivity index (χ3n) is 3.30. The van der Waals surface area contributed by atoms with Crippen molar-refractivity contribution in [3.8, 4) is 0 Å². The summed E-state index contributed by atoms with van der Waals surface area (Å²) in [5.74, 6) is 0. The first-order valence-corrected chi connectivity index (χ1v) is 7.38. The van der Waals surface area contributed by atoms with Gasteiger partial charge in [-0.15, -0.1) is 11.3 Å². The number of halogens is 1. The van der Waals surface area contributed by atoms with Crippen molar-refractivity contribution in [1.29, 1.82) is 0 Å². The highest BCUT2D eigenvalue weighted by Gasteiger charge is 2.31. The van der Waals surface area contributed by atoms with E-state index in [0.29, 0.717) is 13.2 Å². The fourth-order valence-corrected chi connectivity index (χ4v) is 3.18. The Morgan fingerprint density at radius 3 is 2.71 bits per heavy atom. The number of thiophene rings is 1. The maximum absolute atomic E-state index is 5.94. The molecule has 1 heterocycles. The van der Waals surface area contributed by atoms with Crippen molar-refractivity contribution < 1.29 is 4.74 Å². The molecule has 0 aromatic carbocycles. The Labute approximate surface area is 116 Å². The summed E-state index contributed by atoms with van der Waals surface area (Å²) in [6, 6.07) is 2.16. The van der Waals surface area contributed by atoms with Crippen LogP contribution in [-0.4, -0.2) is 37.7 Å². The lowest BCUT2D eigenvalue weighted by Gasteiger charge is -2.40. The number of rotatable bonds is 7. The van der Waals surface area contributed by atoms with Gasteiger partial charge in [0.25, 0.3) is 0 Å². The van der Waals surface area contributed by atoms with Gasteiger partial charge in [0.2, 0.25) is 0 Å². The standard InChI is InChI=1S/C12H21BrN2OS/c1-4-12(8-14,9-16-3)15(2)6-10-5-11(13)17-7-10/h5,7H,4,6,8-9,14H2,1-3H3. The summed E-state index contributed by atoms with van der Waals surface area (Å²) in [6.07, 6.45) is 0.985. The van der Waals surface area contributed by atoms with E-state index in [4.69, 9.17) is 10.5 Å². The first kappa shape index (κ1) is 15.1. The van der Waals surface area contributed by atoms with Crippen LogP contribution in [0.1, 0.15) is 18.9 Å². The summed E-state index contributed by atoms with van der Waals surface area (Å²) in [5, 5.41) is 2.17. The van der Waals surface area contributed by atoms with Crippen molar-refractivity contribution in [2.24, 2.45) is 5.73 Å². The lowest BCUT2D eigenvalue weighted by atomic mass is 9.95. The molecule has 1 aromatic rings. The first-order valence-electron chi connectivity index (χ1n) is 5.71. The van der Waals surface area contributed by atoms with E-state index < -0.39 is 0 Å². The molecule has 5 heteroatoms. The van der Waals surface area contributed by atoms with Crippen LogP contribution in [-0.2, 0) is 11.3 Å². The second kappa shape index (κ2) is 6.85. The summed E-state index contributed by atoms with van der Waals surface area (Å²) < 4.78 is 6.49. The molecular formula is C12H21BrN2OS. The van der Waals surface area contributed by atoms with Crippen molar-refractivity contribution in [2.75, 3.05) is 27.3 Å². The molecule has 1 aromatic heterocycles. The molecule has 1 atom stereocenters. The Bertz CT molecular complexity index is 339. The molecule has 0 fully saturated rings. The number of hydrogen-bond acceptors (Lipinski definition) is 4. The van der Waals surface area contributed by atoms with Crippen LogP contribution in [0.15, 0.2) is 15.2 Å². The highest BCUT2D eigenvalue weighted by atomic mass is 79.9. The van der Waals surface area contributed by atoms with Gasteiger partial charge >= 0.3 is 0 Å². The van der Waals surface area contributed by atoms with E-state index in [9.17, 15) is 0 Å². The van der Waals surface area contributed by atoms with Crippen molar-refractivity contribution in [1.82, 2.24) is 4.90 Å². The fraction of sp³-hybridized carbons (Fsp3) is 0.667. The van der Waals surface area contributed by atoms with Crippen molar-refractivity contribution in [2.45, 2.75) is 25.4 Å². The van der Waals surface area contributed by atoms with Crippen LogP contribution < -0.4 is 5.73 Å². The SMILES string of the molecule is CCC(CN)(COC)N(C)Cc1csc(Br)c1. The third-order valence-corrected chi connectivity index (χ3v) is 4.86. The fourth-order valence-electron chi connectivity index (χ4n) is 1.98. The molecule has 0 saturated carbocycles. The lowest BCUT2D eigenvalue weighted by molar-refractivity contribution is 0.0234. The number of methoxy groups -OCH3 is 1. The van der Waals surface area contributed by atoms with Gasteiger partial charge in [-0.3, -0.25) is 4.90 Å². The van der Waals surface area contributed by atoms with Gasteiger partial charge in [-0.25, -0.2) is 0 Å². The minimum atomic E-state index is -0.0663. The Balaban J connectivity index is 2.74. The van der Waals surface area contributed by atoms with E-state index in [-0.39, 0.29) is 5.54 Å². The molecule has 0 bridgehead atoms. The van der Waals surface area contributed by atoms with Crippen LogP contribution in [0.3, 0.4) is 0 Å². The molecule has 1 rings (SSSR count). The van der Waals surface area contributed by atoms with Crippen molar-refractivity contribution in [3.63, 3.8) is 0 Å². The zero-order valence-corrected chi connectivity index (χ0v) is 13.1. The average molecular weight is 321 g/mol. The van der Waals surface area contributed by atoms with Gasteiger partial charge in [0.15, 0.2) is 0 Å². The molecule has 0 aliphatic rings. The molecule has 0 aliphatic heterocycles. The van der Waals surface area contributed by atoms with Gasteiger partial charge in [0.05, 0.1) is 15.9 Å². The van der Waals surface area contributed by atoms with Gasteiger partial charge in [-0.05, 0) is 46.4 Å². The summed E-state index contributed by atoms with van der Waals surface area (Å²) in [7, 11) is 3.84. The Hall–Kier alpha value is 0.0600. The second-order valence-electron chi connectivity index (χ2n) is 4.33. The maximum atomic E-state index is 5.94. The number of nitrogens with zero attached hydrogens (tertiary/aromatic N) is 1. The van der Waals surface area contributed by atoms with Crippen LogP contribution in [0.2, 0.25) is 0 Å². The van der Waals surface area contributed by atoms with Crippen LogP contribution in [0.25, 0.3) is 0 Å². The average Bonchev–Trinajstić information content (AvgIpc) is 2.71. The molecule has 1 unspecified atom stereocenters. The largest absolute Gasteiger partial charge is 0.383 e. The van der Waals surface area contributed by atoms with E-state index in [0.717, 1.165) is 13.0 Å². The highest BCUT2D eigenvalue weighted by molar-refractivity contribution is 9.11. The van der Waals surface area contributed by atoms with Gasteiger partial charge in [-0.1, -0.05) is 6.92 Å². The minimum Gasteiger partial charge on any atom is -0.383 e. The third kappa shape index (κ3) is 3.76. The monoisotopic (exact) mass is 320 g/mol. The Kier molecular flexibility index (Phi) is 6.09. The molecule has 17 heavy (non-hydrogen) atoms. The summed E-state index contributed by atoms with van der Waals surface area (Å²) >= 11 is 5.20. The maximum Gasteiger partial charge on any atom is 0.0701 e. The van der Waals surface area contributed by atoms with Crippen molar-refractivity contribution >= 4 is 27.3 Å². The highest BCUT2D eigenvalue weighted by Crippen LogP contribution is 2.25. The van der Waals surface area contributed by atoms with Crippen molar-refractivity contribution in [3.05, 3.63) is 20.8 Å². The van der Waals surface area contributed by atoms with Gasteiger partial charge < -0.3 is 10.5 Å². The van der Waals surface area contributed by atoms with Gasteiger partial charge in [0.1, 0.15) is 0 Å². The summed E-state index contributed by atoms with van der Waals surface area (Å²) in [6.45, 7) is 4.34. The number of likely N-dealkylation sites (N-methyl/N-ethyl adjacent to an activating group) is 1. The Morgan fingerprint density at radius 2 is 2.29 bits per heavy atom. The number of nitrogens with two attached hydrogens (primary N) is 1. The van der Waals surface area contributed by atoms with Gasteiger partial charge in [0, 0.05) is 20.2 Å². The zero-order chi connectivity index (χ0) is 12.9. The summed E-state index contributed by atoms with van der Waals surface area (Å²) in [5.41, 5.74) is 7.18. The van der Waals surface area contributed by atoms with Crippen LogP contribution in [0.4, 0.5) is 0 Å². The molecular weight excluding hydrogens is 300 g/mol. The molecule has 98 valence electrons. The normalized spacial score (nSPS) is 15.2. The minimum absolute atomic E-state index is 0.0663. The Morgan fingerprint density at radius 1 is 1.59 bits per heavy atom. The summed E-state index contributed by atoms with van der Waals surface area (Å²) in [4.78, 5) is 2.30. The van der Waals surface area contributed by atoms with Crippen LogP contribution >= 0.6 is 27.3 Å². The predicted molar refractivity (Wildman–Crippen MR) is 77.4 cm³/mol. The molecule has 2 N–H and O–H groups in total.